The first kappa shape index (κ1) is 11.7. The van der Waals surface area contributed by atoms with Crippen LogP contribution in [0.5, 0.6) is 5.75 Å². The van der Waals surface area contributed by atoms with E-state index in [2.05, 4.69) is 0 Å². The van der Waals surface area contributed by atoms with Gasteiger partial charge in [0.25, 0.3) is 0 Å². The van der Waals surface area contributed by atoms with E-state index in [1.54, 1.807) is 45.2 Å². The van der Waals surface area contributed by atoms with Gasteiger partial charge in [0.05, 0.1) is 18.6 Å². The fourth-order valence-corrected chi connectivity index (χ4v) is 1.28. The van der Waals surface area contributed by atoms with Crippen LogP contribution in [-0.4, -0.2) is 18.5 Å². The highest BCUT2D eigenvalue weighted by atomic mass is 16.5. The molecule has 0 saturated heterocycles. The second-order valence-corrected chi connectivity index (χ2v) is 4.11. The molecular weight excluding hydrogens is 192 g/mol. The molecule has 1 aromatic carbocycles. The van der Waals surface area contributed by atoms with Crippen molar-refractivity contribution in [3.05, 3.63) is 29.8 Å². The highest BCUT2D eigenvalue weighted by Gasteiger charge is 2.28. The van der Waals surface area contributed by atoms with E-state index in [1.165, 1.54) is 0 Å². The van der Waals surface area contributed by atoms with Gasteiger partial charge < -0.3 is 14.6 Å². The van der Waals surface area contributed by atoms with Gasteiger partial charge in [-0.05, 0) is 17.7 Å². The largest absolute Gasteiger partial charge is 0.497 e. The van der Waals surface area contributed by atoms with Crippen LogP contribution in [-0.2, 0) is 4.79 Å². The molecule has 1 N–H and O–H groups in total. The standard InChI is InChI=1S/C12H16O3/c1-12(2,8-13)11(14)9-4-6-10(15-3)7-5-9/h4-8,11,14H,1-3H3/t11-/m0/s1. The van der Waals surface area contributed by atoms with Gasteiger partial charge >= 0.3 is 0 Å². The molecule has 0 aromatic heterocycles. The Kier molecular flexibility index (Phi) is 3.48. The third-order valence-electron chi connectivity index (χ3n) is 2.44. The first-order chi connectivity index (χ1) is 7.01. The van der Waals surface area contributed by atoms with E-state index in [9.17, 15) is 9.90 Å². The number of hydrogen-bond donors (Lipinski definition) is 1. The van der Waals surface area contributed by atoms with Gasteiger partial charge in [-0.15, -0.1) is 0 Å². The molecule has 3 nitrogen and oxygen atoms in total. The molecule has 0 radical (unpaired) electrons. The first-order valence-electron chi connectivity index (χ1n) is 4.79. The number of ether oxygens (including phenoxy) is 1. The number of aliphatic hydroxyl groups excluding tert-OH is 1. The van der Waals surface area contributed by atoms with Crippen LogP contribution in [0, 0.1) is 5.41 Å². The van der Waals surface area contributed by atoms with E-state index >= 15 is 0 Å². The number of rotatable bonds is 4. The predicted molar refractivity (Wildman–Crippen MR) is 57.8 cm³/mol. The van der Waals surface area contributed by atoms with Gasteiger partial charge in [-0.25, -0.2) is 0 Å². The van der Waals surface area contributed by atoms with Gasteiger partial charge in [0.1, 0.15) is 12.0 Å². The van der Waals surface area contributed by atoms with Gasteiger partial charge in [-0.3, -0.25) is 0 Å². The number of hydrogen-bond acceptors (Lipinski definition) is 3. The summed E-state index contributed by atoms with van der Waals surface area (Å²) in [5.41, 5.74) is -0.0536. The van der Waals surface area contributed by atoms with E-state index < -0.39 is 11.5 Å². The summed E-state index contributed by atoms with van der Waals surface area (Å²) in [7, 11) is 1.58. The molecule has 0 unspecified atom stereocenters. The summed E-state index contributed by atoms with van der Waals surface area (Å²) in [5, 5.41) is 9.94. The van der Waals surface area contributed by atoms with Crippen LogP contribution in [0.15, 0.2) is 24.3 Å². The summed E-state index contributed by atoms with van der Waals surface area (Å²) in [6.07, 6.45) is -0.0251. The summed E-state index contributed by atoms with van der Waals surface area (Å²) in [6, 6.07) is 7.04. The maximum absolute atomic E-state index is 10.8. The van der Waals surface area contributed by atoms with Crippen molar-refractivity contribution in [2.75, 3.05) is 7.11 Å². The Morgan fingerprint density at radius 3 is 2.27 bits per heavy atom. The van der Waals surface area contributed by atoms with Crippen LogP contribution in [0.25, 0.3) is 0 Å². The molecular formula is C12H16O3. The number of aliphatic hydroxyl groups is 1. The van der Waals surface area contributed by atoms with Crippen molar-refractivity contribution in [1.29, 1.82) is 0 Å². The van der Waals surface area contributed by atoms with Gasteiger partial charge in [-0.2, -0.15) is 0 Å². The van der Waals surface area contributed by atoms with Crippen LogP contribution in [0.1, 0.15) is 25.5 Å². The summed E-state index contributed by atoms with van der Waals surface area (Å²) in [6.45, 7) is 3.41. The molecule has 0 heterocycles. The van der Waals surface area contributed by atoms with E-state index in [-0.39, 0.29) is 0 Å². The van der Waals surface area contributed by atoms with Crippen LogP contribution >= 0.6 is 0 Å². The highest BCUT2D eigenvalue weighted by Crippen LogP contribution is 2.31. The quantitative estimate of drug-likeness (QED) is 0.769. The second-order valence-electron chi connectivity index (χ2n) is 4.11. The molecule has 0 spiro atoms. The Morgan fingerprint density at radius 1 is 1.33 bits per heavy atom. The number of benzene rings is 1. The number of carbonyl (C=O) groups is 1. The Bertz CT molecular complexity index is 327. The number of methoxy groups -OCH3 is 1. The van der Waals surface area contributed by atoms with Crippen molar-refractivity contribution in [2.45, 2.75) is 20.0 Å². The van der Waals surface area contributed by atoms with Gasteiger partial charge in [0.2, 0.25) is 0 Å². The fraction of sp³-hybridized carbons (Fsp3) is 0.417. The van der Waals surface area contributed by atoms with Crippen LogP contribution in [0.4, 0.5) is 0 Å². The Hall–Kier alpha value is -1.35. The van der Waals surface area contributed by atoms with Crippen molar-refractivity contribution in [2.24, 2.45) is 5.41 Å². The third kappa shape index (κ3) is 2.57. The lowest BCUT2D eigenvalue weighted by Gasteiger charge is -2.24. The van der Waals surface area contributed by atoms with E-state index in [1.807, 2.05) is 0 Å². The molecule has 0 saturated carbocycles. The van der Waals surface area contributed by atoms with Gasteiger partial charge in [0.15, 0.2) is 0 Å². The maximum Gasteiger partial charge on any atom is 0.128 e. The lowest BCUT2D eigenvalue weighted by atomic mass is 9.84. The van der Waals surface area contributed by atoms with Crippen LogP contribution < -0.4 is 4.74 Å². The molecule has 0 amide bonds. The highest BCUT2D eigenvalue weighted by molar-refractivity contribution is 5.59. The smallest absolute Gasteiger partial charge is 0.128 e. The summed E-state index contributed by atoms with van der Waals surface area (Å²) < 4.78 is 5.01. The molecule has 82 valence electrons. The zero-order valence-electron chi connectivity index (χ0n) is 9.23. The zero-order chi connectivity index (χ0) is 11.5. The minimum Gasteiger partial charge on any atom is -0.497 e. The molecule has 0 bridgehead atoms. The minimum absolute atomic E-state index is 0.716. The summed E-state index contributed by atoms with van der Waals surface area (Å²) in [5.74, 6) is 0.731. The average Bonchev–Trinajstić information content (AvgIpc) is 2.28. The lowest BCUT2D eigenvalue weighted by molar-refractivity contribution is -0.120. The summed E-state index contributed by atoms with van der Waals surface area (Å²) in [4.78, 5) is 10.8. The van der Waals surface area contributed by atoms with Crippen molar-refractivity contribution < 1.29 is 14.6 Å². The normalized spacial score (nSPS) is 13.3. The fourth-order valence-electron chi connectivity index (χ4n) is 1.28. The minimum atomic E-state index is -0.791. The van der Waals surface area contributed by atoms with Crippen molar-refractivity contribution in [1.82, 2.24) is 0 Å². The van der Waals surface area contributed by atoms with Crippen LogP contribution in [0.3, 0.4) is 0 Å². The lowest BCUT2D eigenvalue weighted by Crippen LogP contribution is -2.23. The topological polar surface area (TPSA) is 46.5 Å². The van der Waals surface area contributed by atoms with E-state index in [4.69, 9.17) is 4.74 Å². The Morgan fingerprint density at radius 2 is 1.87 bits per heavy atom. The van der Waals surface area contributed by atoms with E-state index in [0.29, 0.717) is 5.56 Å². The van der Waals surface area contributed by atoms with Crippen molar-refractivity contribution in [3.63, 3.8) is 0 Å². The molecule has 0 aliphatic heterocycles. The monoisotopic (exact) mass is 208 g/mol. The Labute approximate surface area is 89.7 Å². The summed E-state index contributed by atoms with van der Waals surface area (Å²) >= 11 is 0. The molecule has 0 fully saturated rings. The first-order valence-corrected chi connectivity index (χ1v) is 4.79. The predicted octanol–water partition coefficient (Wildman–Crippen LogP) is 1.95. The van der Waals surface area contributed by atoms with Gasteiger partial charge in [0, 0.05) is 0 Å². The molecule has 3 heteroatoms. The number of aldehydes is 1. The maximum atomic E-state index is 10.8. The third-order valence-corrected chi connectivity index (χ3v) is 2.44. The second kappa shape index (κ2) is 4.45. The SMILES string of the molecule is COc1ccc([C@H](O)C(C)(C)C=O)cc1. The molecule has 0 aliphatic carbocycles. The molecule has 1 rings (SSSR count). The molecule has 15 heavy (non-hydrogen) atoms. The van der Waals surface area contributed by atoms with Crippen molar-refractivity contribution in [3.8, 4) is 5.75 Å². The van der Waals surface area contributed by atoms with Gasteiger partial charge in [-0.1, -0.05) is 26.0 Å². The molecule has 1 aromatic rings. The zero-order valence-corrected chi connectivity index (χ0v) is 9.23. The molecule has 0 aliphatic rings. The number of carbonyl (C=O) groups excluding carboxylic acids is 1. The van der Waals surface area contributed by atoms with E-state index in [0.717, 1.165) is 12.0 Å². The average molecular weight is 208 g/mol. The van der Waals surface area contributed by atoms with Crippen LogP contribution in [0.2, 0.25) is 0 Å². The Balaban J connectivity index is 2.92. The molecule has 1 atom stereocenters. The van der Waals surface area contributed by atoms with Crippen molar-refractivity contribution >= 4 is 6.29 Å².